The Hall–Kier alpha value is -4.86. The van der Waals surface area contributed by atoms with Crippen LogP contribution in [0.25, 0.3) is 10.9 Å². The van der Waals surface area contributed by atoms with Crippen LogP contribution in [0.5, 0.6) is 11.5 Å². The number of aromatic nitrogens is 1. The summed E-state index contributed by atoms with van der Waals surface area (Å²) in [4.78, 5) is 45.5. The van der Waals surface area contributed by atoms with E-state index in [0.717, 1.165) is 27.7 Å². The number of piperazine rings is 1. The highest BCUT2D eigenvalue weighted by atomic mass is 16.6. The number of benzene rings is 3. The molecule has 0 aliphatic carbocycles. The number of non-ortho nitro benzene ring substituents is 1. The summed E-state index contributed by atoms with van der Waals surface area (Å²) < 4.78 is 10.7. The molecular weight excluding hydrogens is 512 g/mol. The molecule has 1 saturated heterocycles. The Bertz CT molecular complexity index is 1650. The second-order valence-corrected chi connectivity index (χ2v) is 10.0. The van der Waals surface area contributed by atoms with Gasteiger partial charge in [0.15, 0.2) is 11.5 Å². The van der Waals surface area contributed by atoms with E-state index in [1.54, 1.807) is 36.2 Å². The van der Waals surface area contributed by atoms with E-state index >= 15 is 0 Å². The Morgan fingerprint density at radius 1 is 1.00 bits per heavy atom. The number of H-pyrrole nitrogens is 1. The maximum atomic E-state index is 13.9. The van der Waals surface area contributed by atoms with Crippen molar-refractivity contribution in [1.82, 2.24) is 14.8 Å². The number of para-hydroxylation sites is 1. The Labute approximate surface area is 230 Å². The number of nitrogens with one attached hydrogen (secondary N) is 1. The van der Waals surface area contributed by atoms with E-state index in [1.807, 2.05) is 42.5 Å². The topological polar surface area (TPSA) is 118 Å². The zero-order chi connectivity index (χ0) is 28.0. The molecule has 0 saturated carbocycles. The van der Waals surface area contributed by atoms with Crippen molar-refractivity contribution in [1.29, 1.82) is 0 Å². The molecule has 10 nitrogen and oxygen atoms in total. The largest absolute Gasteiger partial charge is 0.493 e. The number of nitrogens with zero attached hydrogens (tertiary/aromatic N) is 3. The zero-order valence-electron chi connectivity index (χ0n) is 22.1. The van der Waals surface area contributed by atoms with Gasteiger partial charge in [-0.1, -0.05) is 36.4 Å². The number of nitro benzene ring substituents is 1. The third-order valence-electron chi connectivity index (χ3n) is 7.86. The Balaban J connectivity index is 1.36. The van der Waals surface area contributed by atoms with Crippen LogP contribution in [0.1, 0.15) is 28.4 Å². The van der Waals surface area contributed by atoms with E-state index in [2.05, 4.69) is 4.98 Å². The predicted molar refractivity (Wildman–Crippen MR) is 147 cm³/mol. The van der Waals surface area contributed by atoms with Crippen molar-refractivity contribution >= 4 is 28.4 Å². The number of ether oxygens (including phenoxy) is 2. The Morgan fingerprint density at radius 2 is 1.80 bits per heavy atom. The summed E-state index contributed by atoms with van der Waals surface area (Å²) in [6, 6.07) is 18.4. The molecule has 0 bridgehead atoms. The van der Waals surface area contributed by atoms with Gasteiger partial charge in [0, 0.05) is 41.7 Å². The first-order valence-corrected chi connectivity index (χ1v) is 13.0. The number of carbonyl (C=O) groups is 2. The molecular formula is C30H28N4O6. The van der Waals surface area contributed by atoms with Crippen LogP contribution in [-0.2, 0) is 22.4 Å². The summed E-state index contributed by atoms with van der Waals surface area (Å²) in [6.45, 7) is 0.302. The minimum Gasteiger partial charge on any atom is -0.493 e. The Kier molecular flexibility index (Phi) is 6.37. The molecule has 0 radical (unpaired) electrons. The van der Waals surface area contributed by atoms with Gasteiger partial charge in [0.1, 0.15) is 6.04 Å². The molecule has 2 atom stereocenters. The van der Waals surface area contributed by atoms with Gasteiger partial charge in [0.25, 0.3) is 5.69 Å². The van der Waals surface area contributed by atoms with Crippen molar-refractivity contribution in [3.8, 4) is 11.5 Å². The average molecular weight is 541 g/mol. The number of rotatable bonds is 7. The fraction of sp³-hybridized carbons (Fsp3) is 0.267. The smallest absolute Gasteiger partial charge is 0.269 e. The van der Waals surface area contributed by atoms with Gasteiger partial charge in [-0.25, -0.2) is 0 Å². The first kappa shape index (κ1) is 25.4. The lowest BCUT2D eigenvalue weighted by molar-refractivity contribution is -0.384. The van der Waals surface area contributed by atoms with Crippen LogP contribution in [-0.4, -0.2) is 64.9 Å². The van der Waals surface area contributed by atoms with Gasteiger partial charge >= 0.3 is 0 Å². The van der Waals surface area contributed by atoms with Gasteiger partial charge in [-0.15, -0.1) is 0 Å². The maximum Gasteiger partial charge on any atom is 0.269 e. The molecule has 2 amide bonds. The van der Waals surface area contributed by atoms with E-state index in [0.29, 0.717) is 36.4 Å². The second kappa shape index (κ2) is 10.0. The fourth-order valence-electron chi connectivity index (χ4n) is 5.97. The molecule has 10 heteroatoms. The molecule has 0 spiro atoms. The van der Waals surface area contributed by atoms with Crippen LogP contribution in [0, 0.1) is 10.1 Å². The van der Waals surface area contributed by atoms with Crippen LogP contribution in [0.4, 0.5) is 5.69 Å². The predicted octanol–water partition coefficient (Wildman–Crippen LogP) is 4.02. The van der Waals surface area contributed by atoms with Gasteiger partial charge in [-0.05, 0) is 41.3 Å². The molecule has 204 valence electrons. The molecule has 1 N–H and O–H groups in total. The SMILES string of the molecule is COc1ccc(CCN2CC(=O)N3[C@H](c4cccc([N+](=O)[O-])c4)c4[nH]c5ccccc5c4C[C@H]3C2=O)cc1OC. The molecule has 1 fully saturated rings. The zero-order valence-corrected chi connectivity index (χ0v) is 22.1. The lowest BCUT2D eigenvalue weighted by atomic mass is 9.86. The van der Waals surface area contributed by atoms with Crippen LogP contribution >= 0.6 is 0 Å². The highest BCUT2D eigenvalue weighted by molar-refractivity contribution is 5.97. The van der Waals surface area contributed by atoms with Crippen molar-refractivity contribution < 1.29 is 24.0 Å². The highest BCUT2D eigenvalue weighted by Gasteiger charge is 2.48. The van der Waals surface area contributed by atoms with Gasteiger partial charge in [0.05, 0.1) is 31.7 Å². The quantitative estimate of drug-likeness (QED) is 0.280. The molecule has 2 aliphatic rings. The first-order chi connectivity index (χ1) is 19.4. The summed E-state index contributed by atoms with van der Waals surface area (Å²) in [6.07, 6.45) is 0.904. The number of hydrogen-bond acceptors (Lipinski definition) is 6. The number of aromatic amines is 1. The molecule has 2 aliphatic heterocycles. The van der Waals surface area contributed by atoms with Crippen LogP contribution in [0.3, 0.4) is 0 Å². The molecule has 4 aromatic rings. The third-order valence-corrected chi connectivity index (χ3v) is 7.86. The number of methoxy groups -OCH3 is 2. The number of fused-ring (bicyclic) bond motifs is 4. The first-order valence-electron chi connectivity index (χ1n) is 13.0. The summed E-state index contributed by atoms with van der Waals surface area (Å²) in [5, 5.41) is 12.6. The van der Waals surface area contributed by atoms with Crippen LogP contribution < -0.4 is 9.47 Å². The molecule has 3 aromatic carbocycles. The molecule has 6 rings (SSSR count). The van der Waals surface area contributed by atoms with E-state index < -0.39 is 17.0 Å². The van der Waals surface area contributed by atoms with E-state index in [-0.39, 0.29) is 24.0 Å². The Morgan fingerprint density at radius 3 is 2.58 bits per heavy atom. The number of hydrogen-bond donors (Lipinski definition) is 1. The van der Waals surface area contributed by atoms with Crippen molar-refractivity contribution in [2.24, 2.45) is 0 Å². The number of nitro groups is 1. The molecule has 3 heterocycles. The second-order valence-electron chi connectivity index (χ2n) is 10.0. The lowest BCUT2D eigenvalue weighted by Crippen LogP contribution is -2.63. The third kappa shape index (κ3) is 4.21. The van der Waals surface area contributed by atoms with Gasteiger partial charge in [-0.2, -0.15) is 0 Å². The van der Waals surface area contributed by atoms with Crippen LogP contribution in [0.2, 0.25) is 0 Å². The van der Waals surface area contributed by atoms with Crippen molar-refractivity contribution in [2.45, 2.75) is 24.9 Å². The highest BCUT2D eigenvalue weighted by Crippen LogP contribution is 2.43. The van der Waals surface area contributed by atoms with Crippen molar-refractivity contribution in [2.75, 3.05) is 27.3 Å². The average Bonchev–Trinajstić information content (AvgIpc) is 3.35. The minimum absolute atomic E-state index is 0.0652. The fourth-order valence-corrected chi connectivity index (χ4v) is 5.97. The summed E-state index contributed by atoms with van der Waals surface area (Å²) >= 11 is 0. The van der Waals surface area contributed by atoms with E-state index in [4.69, 9.17) is 9.47 Å². The molecule has 40 heavy (non-hydrogen) atoms. The minimum atomic E-state index is -0.720. The molecule has 1 aromatic heterocycles. The van der Waals surface area contributed by atoms with E-state index in [9.17, 15) is 19.7 Å². The summed E-state index contributed by atoms with van der Waals surface area (Å²) in [5.74, 6) is 0.894. The monoisotopic (exact) mass is 540 g/mol. The van der Waals surface area contributed by atoms with Gasteiger partial charge < -0.3 is 24.3 Å². The summed E-state index contributed by atoms with van der Waals surface area (Å²) in [5.41, 5.74) is 4.12. The number of amides is 2. The van der Waals surface area contributed by atoms with Gasteiger partial charge in [0.2, 0.25) is 11.8 Å². The van der Waals surface area contributed by atoms with E-state index in [1.165, 1.54) is 12.1 Å². The molecule has 0 unspecified atom stereocenters. The van der Waals surface area contributed by atoms with Crippen molar-refractivity contribution in [3.63, 3.8) is 0 Å². The maximum absolute atomic E-state index is 13.9. The van der Waals surface area contributed by atoms with Gasteiger partial charge in [-0.3, -0.25) is 19.7 Å². The van der Waals surface area contributed by atoms with Crippen LogP contribution in [0.15, 0.2) is 66.7 Å². The number of carbonyl (C=O) groups excluding carboxylic acids is 2. The summed E-state index contributed by atoms with van der Waals surface area (Å²) in [7, 11) is 3.15. The standard InChI is InChI=1S/C30H28N4O6/c1-39-25-11-10-18(14-26(25)40-2)12-13-32-17-27(35)33-24(30(32)36)16-22-21-8-3-4-9-23(21)31-28(22)29(33)19-6-5-7-20(15-19)34(37)38/h3-11,14-15,24,29,31H,12-13,16-17H2,1-2H3/t24-,29+/m0/s1. The lowest BCUT2D eigenvalue weighted by Gasteiger charge is -2.47. The van der Waals surface area contributed by atoms with Crippen molar-refractivity contribution in [3.05, 3.63) is 99.2 Å². The normalized spacial score (nSPS) is 18.4.